The molecule has 0 aliphatic heterocycles. The van der Waals surface area contributed by atoms with Gasteiger partial charge in [0.1, 0.15) is 17.7 Å². The van der Waals surface area contributed by atoms with E-state index in [4.69, 9.17) is 2.74 Å². The van der Waals surface area contributed by atoms with E-state index in [0.29, 0.717) is 24.2 Å². The van der Waals surface area contributed by atoms with Crippen LogP contribution in [0, 0.1) is 6.92 Å². The van der Waals surface area contributed by atoms with E-state index in [0.717, 1.165) is 17.5 Å². The van der Waals surface area contributed by atoms with E-state index in [9.17, 15) is 14.4 Å². The van der Waals surface area contributed by atoms with Gasteiger partial charge in [0, 0.05) is 37.8 Å². The van der Waals surface area contributed by atoms with Crippen LogP contribution in [0.4, 0.5) is 0 Å². The van der Waals surface area contributed by atoms with Crippen LogP contribution >= 0.6 is 0 Å². The average Bonchev–Trinajstić information content (AvgIpc) is 2.88. The molecule has 0 spiro atoms. The summed E-state index contributed by atoms with van der Waals surface area (Å²) in [7, 11) is 0. The van der Waals surface area contributed by atoms with E-state index >= 15 is 0 Å². The molecular formula is C26H29N5O3. The zero-order valence-corrected chi connectivity index (χ0v) is 19.5. The van der Waals surface area contributed by atoms with Crippen LogP contribution in [-0.2, 0) is 13.0 Å². The molecule has 1 aromatic heterocycles. The maximum Gasteiger partial charge on any atom is 0.270 e. The fourth-order valence-corrected chi connectivity index (χ4v) is 3.25. The lowest BCUT2D eigenvalue weighted by atomic mass is 10.1. The van der Waals surface area contributed by atoms with Gasteiger partial charge in [-0.3, -0.25) is 14.4 Å². The topological polar surface area (TPSA) is 104 Å². The number of rotatable bonds is 9. The van der Waals surface area contributed by atoms with Crippen molar-refractivity contribution in [3.05, 3.63) is 94.6 Å². The Balaban J connectivity index is 1.63. The number of hydrogen-bond acceptors (Lipinski definition) is 5. The third kappa shape index (κ3) is 6.48. The quantitative estimate of drug-likeness (QED) is 0.510. The van der Waals surface area contributed by atoms with Crippen LogP contribution in [0.1, 0.15) is 64.6 Å². The Kier molecular flexibility index (Phi) is 7.48. The van der Waals surface area contributed by atoms with Crippen molar-refractivity contribution in [3.63, 3.8) is 0 Å². The van der Waals surface area contributed by atoms with Gasteiger partial charge in [0.25, 0.3) is 17.7 Å². The molecule has 0 radical (unpaired) electrons. The van der Waals surface area contributed by atoms with Crippen LogP contribution < -0.4 is 10.6 Å². The van der Waals surface area contributed by atoms with Gasteiger partial charge in [0.05, 0.1) is 2.74 Å². The standard InChI is InChI=1S/C26H29N5O3/c1-4-31(5-2)26(34)21-11-9-19(10-12-21)15-27-24(32)22-14-23(30-17-29-22)25(33)28-16-20-8-6-7-18(3)13-20/h6-14,17H,4-5,15-16H2,1-3H3,(H,27,32)(H,28,33)/i16D2. The minimum absolute atomic E-state index is 0.0281. The zero-order valence-electron chi connectivity index (χ0n) is 21.5. The second kappa shape index (κ2) is 11.7. The van der Waals surface area contributed by atoms with Crippen molar-refractivity contribution in [2.45, 2.75) is 33.8 Å². The highest BCUT2D eigenvalue weighted by Gasteiger charge is 2.14. The number of carbonyl (C=O) groups excluding carboxylic acids is 3. The first-order chi connectivity index (χ1) is 17.1. The van der Waals surface area contributed by atoms with Gasteiger partial charge in [-0.25, -0.2) is 9.97 Å². The van der Waals surface area contributed by atoms with E-state index in [1.165, 1.54) is 6.07 Å². The molecule has 3 rings (SSSR count). The van der Waals surface area contributed by atoms with Gasteiger partial charge in [0.2, 0.25) is 0 Å². The first kappa shape index (κ1) is 21.8. The predicted octanol–water partition coefficient (Wildman–Crippen LogP) is 3.13. The lowest BCUT2D eigenvalue weighted by molar-refractivity contribution is 0.0772. The number of carbonyl (C=O) groups is 3. The van der Waals surface area contributed by atoms with E-state index in [2.05, 4.69) is 20.6 Å². The second-order valence-electron chi connectivity index (χ2n) is 7.59. The number of amides is 3. The first-order valence-corrected chi connectivity index (χ1v) is 11.0. The second-order valence-corrected chi connectivity index (χ2v) is 7.59. The molecule has 0 saturated heterocycles. The third-order valence-corrected chi connectivity index (χ3v) is 5.18. The van der Waals surface area contributed by atoms with Gasteiger partial charge in [-0.15, -0.1) is 0 Å². The van der Waals surface area contributed by atoms with Crippen LogP contribution in [0.25, 0.3) is 0 Å². The Morgan fingerprint density at radius 3 is 2.15 bits per heavy atom. The van der Waals surface area contributed by atoms with Crippen LogP contribution in [0.3, 0.4) is 0 Å². The van der Waals surface area contributed by atoms with Crippen LogP contribution in [0.5, 0.6) is 0 Å². The summed E-state index contributed by atoms with van der Waals surface area (Å²) in [6.07, 6.45) is 1.08. The van der Waals surface area contributed by atoms with Gasteiger partial charge in [0.15, 0.2) is 0 Å². The van der Waals surface area contributed by atoms with Crippen LogP contribution in [0.2, 0.25) is 0 Å². The Bertz CT molecular complexity index is 1240. The average molecular weight is 462 g/mol. The molecule has 0 saturated carbocycles. The molecule has 3 amide bonds. The van der Waals surface area contributed by atoms with Crippen LogP contribution in [0.15, 0.2) is 60.9 Å². The smallest absolute Gasteiger partial charge is 0.270 e. The lowest BCUT2D eigenvalue weighted by Crippen LogP contribution is -2.30. The lowest BCUT2D eigenvalue weighted by Gasteiger charge is -2.18. The fraction of sp³-hybridized carbons (Fsp3) is 0.269. The molecule has 176 valence electrons. The number of nitrogens with one attached hydrogen (secondary N) is 2. The Morgan fingerprint density at radius 1 is 0.882 bits per heavy atom. The molecule has 34 heavy (non-hydrogen) atoms. The molecule has 2 N–H and O–H groups in total. The molecule has 8 heteroatoms. The van der Waals surface area contributed by atoms with Crippen molar-refractivity contribution in [2.75, 3.05) is 13.1 Å². The van der Waals surface area contributed by atoms with Crippen molar-refractivity contribution < 1.29 is 17.1 Å². The number of aryl methyl sites for hydroxylation is 1. The van der Waals surface area contributed by atoms with E-state index in [1.54, 1.807) is 47.4 Å². The van der Waals surface area contributed by atoms with Gasteiger partial charge in [-0.2, -0.15) is 0 Å². The molecular weight excluding hydrogens is 430 g/mol. The maximum atomic E-state index is 12.6. The summed E-state index contributed by atoms with van der Waals surface area (Å²) in [6.45, 7) is 5.00. The summed E-state index contributed by atoms with van der Waals surface area (Å²) in [4.78, 5) is 47.2. The summed E-state index contributed by atoms with van der Waals surface area (Å²) in [6, 6.07) is 14.9. The van der Waals surface area contributed by atoms with Crippen molar-refractivity contribution in [2.24, 2.45) is 0 Å². The van der Waals surface area contributed by atoms with E-state index < -0.39 is 18.3 Å². The van der Waals surface area contributed by atoms with Gasteiger partial charge >= 0.3 is 0 Å². The summed E-state index contributed by atoms with van der Waals surface area (Å²) >= 11 is 0. The normalized spacial score (nSPS) is 11.7. The van der Waals surface area contributed by atoms with Gasteiger partial charge < -0.3 is 15.5 Å². The van der Waals surface area contributed by atoms with Crippen molar-refractivity contribution in [3.8, 4) is 0 Å². The predicted molar refractivity (Wildman–Crippen MR) is 129 cm³/mol. The summed E-state index contributed by atoms with van der Waals surface area (Å²) in [5.74, 6) is -1.34. The fourth-order valence-electron chi connectivity index (χ4n) is 3.25. The molecule has 1 heterocycles. The first-order valence-electron chi connectivity index (χ1n) is 12.0. The molecule has 0 fully saturated rings. The highest BCUT2D eigenvalue weighted by Crippen LogP contribution is 2.09. The van der Waals surface area contributed by atoms with Crippen molar-refractivity contribution in [1.82, 2.24) is 25.5 Å². The van der Waals surface area contributed by atoms with Crippen molar-refractivity contribution in [1.29, 1.82) is 0 Å². The highest BCUT2D eigenvalue weighted by atomic mass is 16.2. The number of aromatic nitrogens is 2. The SMILES string of the molecule is [2H]C([2H])(NC(=O)c1cc(C(=O)NCc2ccc(C(=O)N(CC)CC)cc2)ncn1)c1cccc(C)c1. The molecule has 3 aromatic rings. The molecule has 0 bridgehead atoms. The Hall–Kier alpha value is -4.07. The molecule has 2 aromatic carbocycles. The molecule has 0 aliphatic carbocycles. The Morgan fingerprint density at radius 2 is 1.53 bits per heavy atom. The van der Waals surface area contributed by atoms with Gasteiger partial charge in [-0.05, 0) is 44.0 Å². The number of hydrogen-bond donors (Lipinski definition) is 2. The third-order valence-electron chi connectivity index (χ3n) is 5.18. The van der Waals surface area contributed by atoms with Crippen LogP contribution in [-0.4, -0.2) is 45.7 Å². The van der Waals surface area contributed by atoms with E-state index in [-0.39, 0.29) is 23.8 Å². The number of benzene rings is 2. The molecule has 0 aliphatic rings. The monoisotopic (exact) mass is 461 g/mol. The largest absolute Gasteiger partial charge is 0.347 e. The van der Waals surface area contributed by atoms with Gasteiger partial charge in [-0.1, -0.05) is 42.0 Å². The summed E-state index contributed by atoms with van der Waals surface area (Å²) in [5.41, 5.74) is 2.36. The Labute approximate surface area is 202 Å². The number of nitrogens with zero attached hydrogens (tertiary/aromatic N) is 3. The molecule has 8 nitrogen and oxygen atoms in total. The summed E-state index contributed by atoms with van der Waals surface area (Å²) < 4.78 is 16.4. The maximum absolute atomic E-state index is 12.6. The molecule has 0 unspecified atom stereocenters. The highest BCUT2D eigenvalue weighted by molar-refractivity contribution is 5.97. The zero-order chi connectivity index (χ0) is 26.3. The van der Waals surface area contributed by atoms with E-state index in [1.807, 2.05) is 26.8 Å². The molecule has 0 atom stereocenters. The summed E-state index contributed by atoms with van der Waals surface area (Å²) in [5, 5.41) is 5.04. The minimum atomic E-state index is -2.13. The van der Waals surface area contributed by atoms with Crippen molar-refractivity contribution >= 4 is 17.7 Å². The minimum Gasteiger partial charge on any atom is -0.347 e.